The number of hydrogen-bond donors (Lipinski definition) is 1. The molecule has 3 nitrogen and oxygen atoms in total. The minimum atomic E-state index is 0.673. The lowest BCUT2D eigenvalue weighted by Crippen LogP contribution is -2.37. The van der Waals surface area contributed by atoms with Crippen molar-refractivity contribution in [2.24, 2.45) is 0 Å². The van der Waals surface area contributed by atoms with Gasteiger partial charge in [0.2, 0.25) is 0 Å². The molecule has 112 valence electrons. The van der Waals surface area contributed by atoms with E-state index in [2.05, 4.69) is 42.3 Å². The van der Waals surface area contributed by atoms with Gasteiger partial charge in [-0.15, -0.1) is 0 Å². The predicted molar refractivity (Wildman–Crippen MR) is 84.3 cm³/mol. The first-order valence-electron chi connectivity index (χ1n) is 7.83. The van der Waals surface area contributed by atoms with Crippen LogP contribution in [0.4, 0.5) is 0 Å². The van der Waals surface area contributed by atoms with Crippen molar-refractivity contribution in [1.82, 2.24) is 10.2 Å². The van der Waals surface area contributed by atoms with Gasteiger partial charge in [0.15, 0.2) is 0 Å². The highest BCUT2D eigenvalue weighted by Gasteiger charge is 2.24. The summed E-state index contributed by atoms with van der Waals surface area (Å²) in [6.45, 7) is 8.81. The first kappa shape index (κ1) is 15.3. The Hall–Kier alpha value is -1.06. The Kier molecular flexibility index (Phi) is 5.86. The van der Waals surface area contributed by atoms with E-state index in [1.807, 2.05) is 0 Å². The summed E-state index contributed by atoms with van der Waals surface area (Å²) in [6.07, 6.45) is 3.83. The molecule has 1 unspecified atom stereocenters. The van der Waals surface area contributed by atoms with Crippen molar-refractivity contribution in [2.75, 3.05) is 26.7 Å². The number of methoxy groups -OCH3 is 1. The molecule has 0 saturated carbocycles. The topological polar surface area (TPSA) is 24.5 Å². The van der Waals surface area contributed by atoms with Crippen LogP contribution >= 0.6 is 0 Å². The van der Waals surface area contributed by atoms with Gasteiger partial charge in [0, 0.05) is 24.7 Å². The van der Waals surface area contributed by atoms with Gasteiger partial charge in [0.25, 0.3) is 0 Å². The van der Waals surface area contributed by atoms with Crippen molar-refractivity contribution in [1.29, 1.82) is 0 Å². The fourth-order valence-corrected chi connectivity index (χ4v) is 3.03. The number of hydrogen-bond acceptors (Lipinski definition) is 3. The van der Waals surface area contributed by atoms with E-state index in [1.54, 1.807) is 7.11 Å². The van der Waals surface area contributed by atoms with Crippen LogP contribution < -0.4 is 10.1 Å². The highest BCUT2D eigenvalue weighted by Crippen LogP contribution is 2.25. The highest BCUT2D eigenvalue weighted by atomic mass is 16.5. The molecule has 0 amide bonds. The van der Waals surface area contributed by atoms with E-state index in [1.165, 1.54) is 36.9 Å². The van der Waals surface area contributed by atoms with Crippen molar-refractivity contribution in [3.8, 4) is 5.75 Å². The van der Waals surface area contributed by atoms with E-state index < -0.39 is 0 Å². The van der Waals surface area contributed by atoms with Gasteiger partial charge >= 0.3 is 0 Å². The molecule has 1 fully saturated rings. The fraction of sp³-hybridized carbons (Fsp3) is 0.647. The van der Waals surface area contributed by atoms with Gasteiger partial charge in [-0.05, 0) is 45.3 Å². The standard InChI is InChI=1S/C17H28N2O/c1-4-9-18-12-16-6-5-10-19(16)13-15-11-14(2)7-8-17(15)20-3/h7-8,11,16,18H,4-6,9-10,12-13H2,1-3H3. The molecule has 0 bridgehead atoms. The molecule has 1 atom stereocenters. The molecule has 1 heterocycles. The maximum Gasteiger partial charge on any atom is 0.123 e. The second kappa shape index (κ2) is 7.65. The maximum absolute atomic E-state index is 5.50. The zero-order chi connectivity index (χ0) is 14.4. The summed E-state index contributed by atoms with van der Waals surface area (Å²) in [5.41, 5.74) is 2.62. The van der Waals surface area contributed by atoms with Crippen molar-refractivity contribution in [3.05, 3.63) is 29.3 Å². The average Bonchev–Trinajstić information content (AvgIpc) is 2.87. The second-order valence-corrected chi connectivity index (χ2v) is 5.79. The number of nitrogens with zero attached hydrogens (tertiary/aromatic N) is 1. The molecular formula is C17H28N2O. The minimum absolute atomic E-state index is 0.673. The lowest BCUT2D eigenvalue weighted by molar-refractivity contribution is 0.236. The predicted octanol–water partition coefficient (Wildman–Crippen LogP) is 2.97. The highest BCUT2D eigenvalue weighted by molar-refractivity contribution is 5.36. The van der Waals surface area contributed by atoms with E-state index in [0.717, 1.165) is 25.4 Å². The molecule has 3 heteroatoms. The van der Waals surface area contributed by atoms with E-state index in [-0.39, 0.29) is 0 Å². The van der Waals surface area contributed by atoms with E-state index in [0.29, 0.717) is 6.04 Å². The van der Waals surface area contributed by atoms with Crippen molar-refractivity contribution >= 4 is 0 Å². The van der Waals surface area contributed by atoms with Gasteiger partial charge in [-0.3, -0.25) is 4.90 Å². The number of likely N-dealkylation sites (tertiary alicyclic amines) is 1. The smallest absolute Gasteiger partial charge is 0.123 e. The van der Waals surface area contributed by atoms with Gasteiger partial charge in [0.05, 0.1) is 7.11 Å². The SMILES string of the molecule is CCCNCC1CCCN1Cc1cc(C)ccc1OC. The molecule has 1 saturated heterocycles. The zero-order valence-corrected chi connectivity index (χ0v) is 13.1. The van der Waals surface area contributed by atoms with Crippen molar-refractivity contribution < 1.29 is 4.74 Å². The number of rotatable bonds is 7. The number of nitrogens with one attached hydrogen (secondary N) is 1. The summed E-state index contributed by atoms with van der Waals surface area (Å²) in [7, 11) is 1.76. The molecule has 0 aliphatic carbocycles. The van der Waals surface area contributed by atoms with Crippen molar-refractivity contribution in [2.45, 2.75) is 45.7 Å². The Bertz CT molecular complexity index is 419. The molecule has 1 aliphatic rings. The van der Waals surface area contributed by atoms with Crippen molar-refractivity contribution in [3.63, 3.8) is 0 Å². The van der Waals surface area contributed by atoms with Crippen LogP contribution in [0.5, 0.6) is 5.75 Å². The molecule has 1 N–H and O–H groups in total. The maximum atomic E-state index is 5.50. The van der Waals surface area contributed by atoms with Crippen LogP contribution in [0.1, 0.15) is 37.3 Å². The third kappa shape index (κ3) is 3.97. The quantitative estimate of drug-likeness (QED) is 0.775. The molecule has 1 aromatic carbocycles. The van der Waals surface area contributed by atoms with Crippen LogP contribution in [0.25, 0.3) is 0 Å². The Balaban J connectivity index is 1.99. The van der Waals surface area contributed by atoms with Crippen LogP contribution in [-0.2, 0) is 6.54 Å². The molecule has 20 heavy (non-hydrogen) atoms. The van der Waals surface area contributed by atoms with Crippen LogP contribution in [-0.4, -0.2) is 37.7 Å². The number of aryl methyl sites for hydroxylation is 1. The van der Waals surface area contributed by atoms with Crippen LogP contribution in [0, 0.1) is 6.92 Å². The molecule has 0 spiro atoms. The Morgan fingerprint density at radius 2 is 2.25 bits per heavy atom. The summed E-state index contributed by atoms with van der Waals surface area (Å²) in [5, 5.41) is 3.56. The summed E-state index contributed by atoms with van der Waals surface area (Å²) in [4.78, 5) is 2.60. The fourth-order valence-electron chi connectivity index (χ4n) is 3.03. The largest absolute Gasteiger partial charge is 0.496 e. The monoisotopic (exact) mass is 276 g/mol. The number of ether oxygens (including phenoxy) is 1. The zero-order valence-electron chi connectivity index (χ0n) is 13.1. The van der Waals surface area contributed by atoms with Gasteiger partial charge < -0.3 is 10.1 Å². The van der Waals surface area contributed by atoms with E-state index in [9.17, 15) is 0 Å². The summed E-state index contributed by atoms with van der Waals surface area (Å²) < 4.78 is 5.50. The van der Waals surface area contributed by atoms with Crippen LogP contribution in [0.15, 0.2) is 18.2 Å². The van der Waals surface area contributed by atoms with E-state index in [4.69, 9.17) is 4.74 Å². The first-order valence-corrected chi connectivity index (χ1v) is 7.83. The van der Waals surface area contributed by atoms with Gasteiger partial charge in [-0.1, -0.05) is 24.6 Å². The molecular weight excluding hydrogens is 248 g/mol. The van der Waals surface area contributed by atoms with Gasteiger partial charge in [-0.25, -0.2) is 0 Å². The van der Waals surface area contributed by atoms with Crippen LogP contribution in [0.2, 0.25) is 0 Å². The average molecular weight is 276 g/mol. The summed E-state index contributed by atoms with van der Waals surface area (Å²) >= 11 is 0. The van der Waals surface area contributed by atoms with Crippen LogP contribution in [0.3, 0.4) is 0 Å². The summed E-state index contributed by atoms with van der Waals surface area (Å²) in [6, 6.07) is 7.14. The third-order valence-corrected chi connectivity index (χ3v) is 4.12. The molecule has 1 aromatic rings. The second-order valence-electron chi connectivity index (χ2n) is 5.79. The minimum Gasteiger partial charge on any atom is -0.496 e. The lowest BCUT2D eigenvalue weighted by atomic mass is 10.1. The Morgan fingerprint density at radius 1 is 1.40 bits per heavy atom. The van der Waals surface area contributed by atoms with E-state index >= 15 is 0 Å². The molecule has 0 radical (unpaired) electrons. The van der Waals surface area contributed by atoms with Gasteiger partial charge in [-0.2, -0.15) is 0 Å². The molecule has 0 aromatic heterocycles. The Morgan fingerprint density at radius 3 is 3.00 bits per heavy atom. The third-order valence-electron chi connectivity index (χ3n) is 4.12. The lowest BCUT2D eigenvalue weighted by Gasteiger charge is -2.25. The summed E-state index contributed by atoms with van der Waals surface area (Å²) in [5.74, 6) is 1.02. The number of benzene rings is 1. The molecule has 1 aliphatic heterocycles. The molecule has 2 rings (SSSR count). The Labute approximate surface area is 123 Å². The van der Waals surface area contributed by atoms with Gasteiger partial charge in [0.1, 0.15) is 5.75 Å². The normalized spacial score (nSPS) is 19.4. The first-order chi connectivity index (χ1) is 9.74.